The monoisotopic (exact) mass is 339 g/mol. The highest BCUT2D eigenvalue weighted by Crippen LogP contribution is 2.20. The molecular weight excluding hydrogens is 326 g/mol. The number of hydrogen-bond donors (Lipinski definition) is 0. The van der Waals surface area contributed by atoms with Crippen molar-refractivity contribution in [3.63, 3.8) is 0 Å². The lowest BCUT2D eigenvalue weighted by Crippen LogP contribution is -2.13. The summed E-state index contributed by atoms with van der Waals surface area (Å²) in [5.74, 6) is -0.223. The van der Waals surface area contributed by atoms with Crippen molar-refractivity contribution in [3.05, 3.63) is 57.8 Å². The predicted molar refractivity (Wildman–Crippen MR) is 95.0 cm³/mol. The predicted octanol–water partition coefficient (Wildman–Crippen LogP) is 3.90. The van der Waals surface area contributed by atoms with Gasteiger partial charge in [-0.15, -0.1) is 11.3 Å². The van der Waals surface area contributed by atoms with Gasteiger partial charge in [0.05, 0.1) is 25.9 Å². The molecule has 0 aliphatic heterocycles. The molecular formula is C17H13N3OS2. The van der Waals surface area contributed by atoms with E-state index in [4.69, 9.17) is 0 Å². The molecule has 6 heteroatoms. The van der Waals surface area contributed by atoms with Gasteiger partial charge in [-0.25, -0.2) is 4.98 Å². The molecule has 4 nitrogen and oxygen atoms in total. The molecule has 2 heterocycles. The Hall–Kier alpha value is -2.31. The highest BCUT2D eigenvalue weighted by atomic mass is 32.1. The van der Waals surface area contributed by atoms with Gasteiger partial charge in [0.1, 0.15) is 0 Å². The van der Waals surface area contributed by atoms with Gasteiger partial charge in [-0.05, 0) is 42.8 Å². The third-order valence-electron chi connectivity index (χ3n) is 3.74. The topological polar surface area (TPSA) is 47.2 Å². The minimum absolute atomic E-state index is 0.223. The van der Waals surface area contributed by atoms with Crippen LogP contribution in [0.3, 0.4) is 0 Å². The molecule has 0 saturated carbocycles. The maximum Gasteiger partial charge on any atom is 0.279 e. The van der Waals surface area contributed by atoms with Gasteiger partial charge in [-0.3, -0.25) is 4.79 Å². The number of benzene rings is 2. The van der Waals surface area contributed by atoms with Crippen LogP contribution in [0.25, 0.3) is 20.4 Å². The Morgan fingerprint density at radius 1 is 1.17 bits per heavy atom. The summed E-state index contributed by atoms with van der Waals surface area (Å²) in [5, 5.41) is 0. The molecule has 0 spiro atoms. The lowest BCUT2D eigenvalue weighted by molar-refractivity contribution is 0.0998. The summed E-state index contributed by atoms with van der Waals surface area (Å²) >= 11 is 3.06. The van der Waals surface area contributed by atoms with Crippen molar-refractivity contribution < 1.29 is 4.79 Å². The van der Waals surface area contributed by atoms with E-state index in [0.717, 1.165) is 20.4 Å². The molecule has 1 amide bonds. The van der Waals surface area contributed by atoms with E-state index in [9.17, 15) is 4.79 Å². The van der Waals surface area contributed by atoms with Crippen LogP contribution >= 0.6 is 22.7 Å². The Balaban J connectivity index is 1.82. The molecule has 4 aromatic rings. The lowest BCUT2D eigenvalue weighted by atomic mass is 10.2. The summed E-state index contributed by atoms with van der Waals surface area (Å²) in [4.78, 5) is 21.7. The van der Waals surface area contributed by atoms with Gasteiger partial charge in [0.15, 0.2) is 4.80 Å². The summed E-state index contributed by atoms with van der Waals surface area (Å²) in [6, 6.07) is 11.8. The van der Waals surface area contributed by atoms with Crippen LogP contribution in [0.15, 0.2) is 46.9 Å². The van der Waals surface area contributed by atoms with E-state index in [-0.39, 0.29) is 5.91 Å². The molecule has 0 atom stereocenters. The molecule has 0 bridgehead atoms. The standard InChI is InChI=1S/C17H13N3OS2/c1-10-3-6-13-15(7-10)23-17(20(13)2)19-16(21)11-4-5-12-14(8-11)22-9-18-12/h3-9H,1-2H3. The molecule has 4 rings (SSSR count). The fourth-order valence-corrected chi connectivity index (χ4v) is 4.32. The number of thiazole rings is 2. The highest BCUT2D eigenvalue weighted by Gasteiger charge is 2.09. The largest absolute Gasteiger partial charge is 0.319 e. The van der Waals surface area contributed by atoms with Crippen LogP contribution in [0.4, 0.5) is 0 Å². The zero-order valence-electron chi connectivity index (χ0n) is 12.6. The number of aryl methyl sites for hydroxylation is 2. The molecule has 0 unspecified atom stereocenters. The van der Waals surface area contributed by atoms with Crippen molar-refractivity contribution in [1.29, 1.82) is 0 Å². The first-order chi connectivity index (χ1) is 11.1. The molecule has 0 aliphatic carbocycles. The molecule has 2 aromatic heterocycles. The summed E-state index contributed by atoms with van der Waals surface area (Å²) in [7, 11) is 1.94. The number of amides is 1. The zero-order chi connectivity index (χ0) is 16.0. The maximum absolute atomic E-state index is 12.5. The lowest BCUT2D eigenvalue weighted by Gasteiger charge is -1.97. The van der Waals surface area contributed by atoms with Crippen molar-refractivity contribution in [1.82, 2.24) is 9.55 Å². The Kier molecular flexibility index (Phi) is 3.36. The average Bonchev–Trinajstić information content (AvgIpc) is 3.11. The van der Waals surface area contributed by atoms with Gasteiger partial charge in [-0.1, -0.05) is 17.4 Å². The number of carbonyl (C=O) groups is 1. The van der Waals surface area contributed by atoms with E-state index in [1.54, 1.807) is 11.6 Å². The molecule has 0 radical (unpaired) electrons. The van der Waals surface area contributed by atoms with Crippen LogP contribution in [0.2, 0.25) is 0 Å². The Labute approximate surface area is 140 Å². The quantitative estimate of drug-likeness (QED) is 0.528. The second-order valence-corrected chi connectivity index (χ2v) is 7.26. The summed E-state index contributed by atoms with van der Waals surface area (Å²) in [6.45, 7) is 2.06. The first-order valence-electron chi connectivity index (χ1n) is 7.10. The van der Waals surface area contributed by atoms with Crippen molar-refractivity contribution in [3.8, 4) is 0 Å². The van der Waals surface area contributed by atoms with Crippen molar-refractivity contribution in [2.45, 2.75) is 6.92 Å². The van der Waals surface area contributed by atoms with Crippen LogP contribution in [0.1, 0.15) is 15.9 Å². The van der Waals surface area contributed by atoms with Crippen molar-refractivity contribution in [2.24, 2.45) is 12.0 Å². The van der Waals surface area contributed by atoms with Gasteiger partial charge >= 0.3 is 0 Å². The molecule has 0 fully saturated rings. The van der Waals surface area contributed by atoms with E-state index in [1.165, 1.54) is 28.2 Å². The van der Waals surface area contributed by atoms with Gasteiger partial charge < -0.3 is 4.57 Å². The van der Waals surface area contributed by atoms with Gasteiger partial charge in [0.25, 0.3) is 5.91 Å². The zero-order valence-corrected chi connectivity index (χ0v) is 14.2. The third-order valence-corrected chi connectivity index (χ3v) is 5.63. The molecule has 23 heavy (non-hydrogen) atoms. The third kappa shape index (κ3) is 2.50. The first kappa shape index (κ1) is 14.3. The van der Waals surface area contributed by atoms with E-state index in [0.29, 0.717) is 10.4 Å². The van der Waals surface area contributed by atoms with Crippen LogP contribution in [-0.2, 0) is 7.05 Å². The Morgan fingerprint density at radius 2 is 2.04 bits per heavy atom. The minimum Gasteiger partial charge on any atom is -0.319 e. The second-order valence-electron chi connectivity index (χ2n) is 5.37. The number of carbonyl (C=O) groups excluding carboxylic acids is 1. The number of aromatic nitrogens is 2. The van der Waals surface area contributed by atoms with Crippen molar-refractivity contribution >= 4 is 49.0 Å². The van der Waals surface area contributed by atoms with Crippen LogP contribution in [0, 0.1) is 6.92 Å². The molecule has 0 N–H and O–H groups in total. The van der Waals surface area contributed by atoms with Crippen LogP contribution in [0.5, 0.6) is 0 Å². The van der Waals surface area contributed by atoms with Gasteiger partial charge in [-0.2, -0.15) is 4.99 Å². The highest BCUT2D eigenvalue weighted by molar-refractivity contribution is 7.17. The molecule has 0 aliphatic rings. The van der Waals surface area contributed by atoms with Crippen LogP contribution in [-0.4, -0.2) is 15.5 Å². The maximum atomic E-state index is 12.5. The van der Waals surface area contributed by atoms with E-state index in [2.05, 4.69) is 35.1 Å². The fourth-order valence-electron chi connectivity index (χ4n) is 2.49. The second kappa shape index (κ2) is 5.40. The minimum atomic E-state index is -0.223. The van der Waals surface area contributed by atoms with E-state index < -0.39 is 0 Å². The number of nitrogens with zero attached hydrogens (tertiary/aromatic N) is 3. The van der Waals surface area contributed by atoms with E-state index >= 15 is 0 Å². The molecule has 2 aromatic carbocycles. The summed E-state index contributed by atoms with van der Waals surface area (Å²) in [5.41, 5.74) is 5.58. The van der Waals surface area contributed by atoms with Crippen LogP contribution < -0.4 is 4.80 Å². The summed E-state index contributed by atoms with van der Waals surface area (Å²) < 4.78 is 4.10. The fraction of sp³-hybridized carbons (Fsp3) is 0.118. The normalized spacial score (nSPS) is 12.3. The molecule has 0 saturated heterocycles. The SMILES string of the molecule is Cc1ccc2c(c1)sc(=NC(=O)c1ccc3ncsc3c1)n2C. The first-order valence-corrected chi connectivity index (χ1v) is 8.80. The Morgan fingerprint density at radius 3 is 2.91 bits per heavy atom. The smallest absolute Gasteiger partial charge is 0.279 e. The Bertz CT molecular complexity index is 1120. The van der Waals surface area contributed by atoms with Gasteiger partial charge in [0, 0.05) is 12.6 Å². The van der Waals surface area contributed by atoms with Crippen molar-refractivity contribution in [2.75, 3.05) is 0 Å². The number of hydrogen-bond acceptors (Lipinski definition) is 4. The number of rotatable bonds is 1. The van der Waals surface area contributed by atoms with Gasteiger partial charge in [0.2, 0.25) is 0 Å². The molecule has 114 valence electrons. The summed E-state index contributed by atoms with van der Waals surface area (Å²) in [6.07, 6.45) is 0. The number of fused-ring (bicyclic) bond motifs is 2. The average molecular weight is 339 g/mol. The van der Waals surface area contributed by atoms with E-state index in [1.807, 2.05) is 23.7 Å².